The van der Waals surface area contributed by atoms with Gasteiger partial charge in [0.25, 0.3) is 0 Å². The first-order chi connectivity index (χ1) is 12.3. The Morgan fingerprint density at radius 2 is 1.08 bits per heavy atom. The van der Waals surface area contributed by atoms with Crippen molar-refractivity contribution in [3.8, 4) is 11.5 Å². The summed E-state index contributed by atoms with van der Waals surface area (Å²) in [6.07, 6.45) is 0. The van der Waals surface area contributed by atoms with Crippen molar-refractivity contribution in [3.63, 3.8) is 0 Å². The van der Waals surface area contributed by atoms with E-state index in [0.717, 1.165) is 50.8 Å². The molecule has 5 heteroatoms. The fraction of sp³-hybridized carbons (Fsp3) is 0.400. The first-order valence-corrected chi connectivity index (χ1v) is 8.70. The van der Waals surface area contributed by atoms with Crippen LogP contribution in [0.4, 0.5) is 0 Å². The molecule has 0 aliphatic heterocycles. The molecule has 0 atom stereocenters. The maximum atomic E-state index is 5.23. The molecule has 0 heterocycles. The molecule has 0 aliphatic carbocycles. The molecule has 0 aliphatic rings. The number of nitrogens with one attached hydrogen (secondary N) is 3. The summed E-state index contributed by atoms with van der Waals surface area (Å²) in [5.74, 6) is 1.80. The molecule has 2 rings (SSSR count). The molecule has 5 nitrogen and oxygen atoms in total. The van der Waals surface area contributed by atoms with Gasteiger partial charge >= 0.3 is 0 Å². The van der Waals surface area contributed by atoms with Crippen LogP contribution in [0.15, 0.2) is 48.5 Å². The van der Waals surface area contributed by atoms with E-state index < -0.39 is 0 Å². The van der Waals surface area contributed by atoms with E-state index >= 15 is 0 Å². The zero-order valence-electron chi connectivity index (χ0n) is 15.2. The van der Waals surface area contributed by atoms with E-state index in [0.29, 0.717) is 0 Å². The second-order valence-electron chi connectivity index (χ2n) is 5.81. The van der Waals surface area contributed by atoms with Crippen LogP contribution in [0.25, 0.3) is 0 Å². The molecule has 0 bridgehead atoms. The zero-order valence-corrected chi connectivity index (χ0v) is 15.2. The smallest absolute Gasteiger partial charge is 0.119 e. The van der Waals surface area contributed by atoms with E-state index in [1.165, 1.54) is 11.1 Å². The molecule has 0 aromatic heterocycles. The number of hydrogen-bond donors (Lipinski definition) is 3. The summed E-state index contributed by atoms with van der Waals surface area (Å²) < 4.78 is 10.5. The predicted octanol–water partition coefficient (Wildman–Crippen LogP) is 2.17. The fourth-order valence-electron chi connectivity index (χ4n) is 2.51. The van der Waals surface area contributed by atoms with Crippen molar-refractivity contribution in [3.05, 3.63) is 59.7 Å². The van der Waals surface area contributed by atoms with Gasteiger partial charge in [-0.15, -0.1) is 0 Å². The Balaban J connectivity index is 1.48. The van der Waals surface area contributed by atoms with Gasteiger partial charge in [0.1, 0.15) is 11.5 Å². The van der Waals surface area contributed by atoms with Crippen molar-refractivity contribution < 1.29 is 9.47 Å². The standard InChI is InChI=1S/C20H29N3O2/c1-24-19-7-3-5-17(13-19)15-22-11-9-21-10-12-23-16-18-6-4-8-20(14-18)25-2/h3-8,13-14,21-23H,9-12,15-16H2,1-2H3. The van der Waals surface area contributed by atoms with Crippen LogP contribution in [0.5, 0.6) is 11.5 Å². The zero-order chi connectivity index (χ0) is 17.7. The van der Waals surface area contributed by atoms with Crippen LogP contribution in [0.2, 0.25) is 0 Å². The summed E-state index contributed by atoms with van der Waals surface area (Å²) >= 11 is 0. The highest BCUT2D eigenvalue weighted by Gasteiger charge is 1.97. The highest BCUT2D eigenvalue weighted by atomic mass is 16.5. The van der Waals surface area contributed by atoms with Crippen molar-refractivity contribution in [2.45, 2.75) is 13.1 Å². The lowest BCUT2D eigenvalue weighted by Gasteiger charge is -2.09. The Bertz CT molecular complexity index is 566. The van der Waals surface area contributed by atoms with Crippen molar-refractivity contribution in [2.75, 3.05) is 40.4 Å². The molecule has 0 amide bonds. The number of ether oxygens (including phenoxy) is 2. The minimum atomic E-state index is 0.854. The van der Waals surface area contributed by atoms with Crippen LogP contribution in [0, 0.1) is 0 Å². The van der Waals surface area contributed by atoms with Gasteiger partial charge in [-0.05, 0) is 35.4 Å². The maximum Gasteiger partial charge on any atom is 0.119 e. The molecule has 136 valence electrons. The molecule has 0 saturated heterocycles. The highest BCUT2D eigenvalue weighted by molar-refractivity contribution is 5.29. The third-order valence-electron chi connectivity index (χ3n) is 3.88. The largest absolute Gasteiger partial charge is 0.497 e. The summed E-state index contributed by atoms with van der Waals surface area (Å²) in [5.41, 5.74) is 2.47. The van der Waals surface area contributed by atoms with Crippen molar-refractivity contribution >= 4 is 0 Å². The SMILES string of the molecule is COc1cccc(CNCCNCCNCc2cccc(OC)c2)c1. The van der Waals surface area contributed by atoms with Crippen LogP contribution < -0.4 is 25.4 Å². The minimum Gasteiger partial charge on any atom is -0.497 e. The van der Waals surface area contributed by atoms with Crippen molar-refractivity contribution in [1.82, 2.24) is 16.0 Å². The van der Waals surface area contributed by atoms with Gasteiger partial charge in [0.2, 0.25) is 0 Å². The molecular weight excluding hydrogens is 314 g/mol. The van der Waals surface area contributed by atoms with E-state index in [2.05, 4.69) is 40.2 Å². The summed E-state index contributed by atoms with van der Waals surface area (Å²) in [6, 6.07) is 16.3. The summed E-state index contributed by atoms with van der Waals surface area (Å²) in [7, 11) is 3.39. The van der Waals surface area contributed by atoms with Crippen LogP contribution in [-0.4, -0.2) is 40.4 Å². The molecule has 0 spiro atoms. The van der Waals surface area contributed by atoms with Gasteiger partial charge in [-0.2, -0.15) is 0 Å². The lowest BCUT2D eigenvalue weighted by Crippen LogP contribution is -2.32. The molecular formula is C20H29N3O2. The second kappa shape index (κ2) is 11.5. The maximum absolute atomic E-state index is 5.23. The van der Waals surface area contributed by atoms with Crippen LogP contribution >= 0.6 is 0 Å². The first-order valence-electron chi connectivity index (χ1n) is 8.70. The summed E-state index contributed by atoms with van der Waals surface area (Å²) in [4.78, 5) is 0. The van der Waals surface area contributed by atoms with Gasteiger partial charge < -0.3 is 25.4 Å². The molecule has 0 unspecified atom stereocenters. The monoisotopic (exact) mass is 343 g/mol. The summed E-state index contributed by atoms with van der Waals surface area (Å²) in [6.45, 7) is 5.48. The lowest BCUT2D eigenvalue weighted by molar-refractivity contribution is 0.414. The third-order valence-corrected chi connectivity index (χ3v) is 3.88. The van der Waals surface area contributed by atoms with E-state index in [1.807, 2.05) is 24.3 Å². The molecule has 0 radical (unpaired) electrons. The highest BCUT2D eigenvalue weighted by Crippen LogP contribution is 2.12. The number of methoxy groups -OCH3 is 2. The van der Waals surface area contributed by atoms with Crippen molar-refractivity contribution in [1.29, 1.82) is 0 Å². The lowest BCUT2D eigenvalue weighted by atomic mass is 10.2. The molecule has 3 N–H and O–H groups in total. The second-order valence-corrected chi connectivity index (χ2v) is 5.81. The van der Waals surface area contributed by atoms with Gasteiger partial charge in [0, 0.05) is 39.3 Å². The van der Waals surface area contributed by atoms with Crippen LogP contribution in [0.1, 0.15) is 11.1 Å². The Hall–Kier alpha value is -2.08. The van der Waals surface area contributed by atoms with Gasteiger partial charge in [-0.25, -0.2) is 0 Å². The number of hydrogen-bond acceptors (Lipinski definition) is 5. The van der Waals surface area contributed by atoms with Crippen LogP contribution in [0.3, 0.4) is 0 Å². The van der Waals surface area contributed by atoms with Crippen molar-refractivity contribution in [2.24, 2.45) is 0 Å². The fourth-order valence-corrected chi connectivity index (χ4v) is 2.51. The summed E-state index contributed by atoms with van der Waals surface area (Å²) in [5, 5.41) is 10.3. The third kappa shape index (κ3) is 7.56. The number of rotatable bonds is 12. The average molecular weight is 343 g/mol. The normalized spacial score (nSPS) is 10.6. The van der Waals surface area contributed by atoms with E-state index in [9.17, 15) is 0 Å². The minimum absolute atomic E-state index is 0.854. The first kappa shape index (κ1) is 19.2. The Labute approximate surface area is 150 Å². The Kier molecular flexibility index (Phi) is 8.83. The van der Waals surface area contributed by atoms with E-state index in [1.54, 1.807) is 14.2 Å². The van der Waals surface area contributed by atoms with Gasteiger partial charge in [0.05, 0.1) is 14.2 Å². The molecule has 0 saturated carbocycles. The Morgan fingerprint density at radius 3 is 1.52 bits per heavy atom. The quantitative estimate of drug-likeness (QED) is 0.516. The topological polar surface area (TPSA) is 54.5 Å². The molecule has 2 aromatic rings. The molecule has 2 aromatic carbocycles. The average Bonchev–Trinajstić information content (AvgIpc) is 2.67. The van der Waals surface area contributed by atoms with Gasteiger partial charge in [0.15, 0.2) is 0 Å². The predicted molar refractivity (Wildman–Crippen MR) is 102 cm³/mol. The molecule has 0 fully saturated rings. The number of benzene rings is 2. The van der Waals surface area contributed by atoms with Crippen LogP contribution in [-0.2, 0) is 13.1 Å². The van der Waals surface area contributed by atoms with E-state index in [4.69, 9.17) is 9.47 Å². The Morgan fingerprint density at radius 1 is 0.640 bits per heavy atom. The van der Waals surface area contributed by atoms with Gasteiger partial charge in [-0.1, -0.05) is 24.3 Å². The molecule has 25 heavy (non-hydrogen) atoms. The van der Waals surface area contributed by atoms with Gasteiger partial charge in [-0.3, -0.25) is 0 Å². The van der Waals surface area contributed by atoms with E-state index in [-0.39, 0.29) is 0 Å².